The van der Waals surface area contributed by atoms with Crippen LogP contribution in [-0.4, -0.2) is 22.7 Å². The van der Waals surface area contributed by atoms with Crippen LogP contribution in [0.2, 0.25) is 5.02 Å². The molecule has 2 aromatic carbocycles. The SMILES string of the molecule is Cc1c(NC(=S)NC(=O)CSc2ccc(Cl)cc2)cccc1C(=O)[O-]. The number of benzene rings is 2. The third-order valence-corrected chi connectivity index (χ3v) is 4.71. The summed E-state index contributed by atoms with van der Waals surface area (Å²) in [4.78, 5) is 23.9. The highest BCUT2D eigenvalue weighted by atomic mass is 35.5. The predicted molar refractivity (Wildman–Crippen MR) is 102 cm³/mol. The fourth-order valence-corrected chi connectivity index (χ4v) is 3.04. The van der Waals surface area contributed by atoms with Gasteiger partial charge in [-0.3, -0.25) is 4.79 Å². The van der Waals surface area contributed by atoms with Crippen molar-refractivity contribution < 1.29 is 14.7 Å². The first-order valence-corrected chi connectivity index (χ1v) is 8.94. The van der Waals surface area contributed by atoms with E-state index in [1.165, 1.54) is 17.8 Å². The summed E-state index contributed by atoms with van der Waals surface area (Å²) in [5.41, 5.74) is 1.05. The van der Waals surface area contributed by atoms with Gasteiger partial charge in [-0.2, -0.15) is 0 Å². The first-order chi connectivity index (χ1) is 11.9. The van der Waals surface area contributed by atoms with Crippen molar-refractivity contribution >= 4 is 58.3 Å². The lowest BCUT2D eigenvalue weighted by atomic mass is 10.1. The standard InChI is InChI=1S/C17H15ClN2O3S2/c1-10-13(16(22)23)3-2-4-14(10)19-17(24)20-15(21)9-25-12-7-5-11(18)6-8-12/h2-8H,9H2,1H3,(H,22,23)(H2,19,20,21,24)/p-1. The second kappa shape index (κ2) is 8.84. The summed E-state index contributed by atoms with van der Waals surface area (Å²) in [6, 6.07) is 11.8. The number of hydrogen-bond donors (Lipinski definition) is 2. The van der Waals surface area contributed by atoms with Crippen LogP contribution in [0.3, 0.4) is 0 Å². The van der Waals surface area contributed by atoms with Crippen molar-refractivity contribution in [1.82, 2.24) is 5.32 Å². The van der Waals surface area contributed by atoms with Crippen molar-refractivity contribution in [2.45, 2.75) is 11.8 Å². The third-order valence-electron chi connectivity index (χ3n) is 3.24. The van der Waals surface area contributed by atoms with E-state index in [4.69, 9.17) is 23.8 Å². The smallest absolute Gasteiger partial charge is 0.236 e. The molecule has 25 heavy (non-hydrogen) atoms. The minimum atomic E-state index is -1.27. The molecule has 0 atom stereocenters. The molecule has 130 valence electrons. The van der Waals surface area contributed by atoms with Crippen molar-refractivity contribution in [3.8, 4) is 0 Å². The van der Waals surface area contributed by atoms with Gasteiger partial charge in [-0.1, -0.05) is 23.7 Å². The Balaban J connectivity index is 1.89. The number of carbonyl (C=O) groups is 2. The van der Waals surface area contributed by atoms with Gasteiger partial charge in [0.1, 0.15) is 0 Å². The van der Waals surface area contributed by atoms with Gasteiger partial charge in [-0.25, -0.2) is 0 Å². The lowest BCUT2D eigenvalue weighted by Crippen LogP contribution is -2.35. The predicted octanol–water partition coefficient (Wildman–Crippen LogP) is 2.62. The minimum absolute atomic E-state index is 0.0671. The highest BCUT2D eigenvalue weighted by Gasteiger charge is 2.09. The highest BCUT2D eigenvalue weighted by molar-refractivity contribution is 8.00. The van der Waals surface area contributed by atoms with Crippen molar-refractivity contribution in [3.05, 3.63) is 58.6 Å². The van der Waals surface area contributed by atoms with E-state index in [-0.39, 0.29) is 22.3 Å². The molecule has 0 unspecified atom stereocenters. The molecule has 2 rings (SSSR count). The van der Waals surface area contributed by atoms with Crippen molar-refractivity contribution in [2.75, 3.05) is 11.1 Å². The summed E-state index contributed by atoms with van der Waals surface area (Å²) in [5, 5.41) is 17.1. The Morgan fingerprint density at radius 2 is 1.88 bits per heavy atom. The zero-order valence-electron chi connectivity index (χ0n) is 13.2. The summed E-state index contributed by atoms with van der Waals surface area (Å²) >= 11 is 12.3. The minimum Gasteiger partial charge on any atom is -0.545 e. The van der Waals surface area contributed by atoms with E-state index < -0.39 is 5.97 Å². The molecule has 0 radical (unpaired) electrons. The highest BCUT2D eigenvalue weighted by Crippen LogP contribution is 2.20. The van der Waals surface area contributed by atoms with E-state index in [1.807, 2.05) is 12.1 Å². The Hall–Kier alpha value is -2.09. The molecule has 0 bridgehead atoms. The summed E-state index contributed by atoms with van der Waals surface area (Å²) in [6.45, 7) is 1.63. The van der Waals surface area contributed by atoms with Gasteiger partial charge in [0.25, 0.3) is 0 Å². The number of anilines is 1. The first kappa shape index (κ1) is 19.2. The van der Waals surface area contributed by atoms with E-state index in [0.717, 1.165) is 4.90 Å². The van der Waals surface area contributed by atoms with Gasteiger partial charge in [-0.15, -0.1) is 11.8 Å². The number of aromatic carboxylic acids is 1. The van der Waals surface area contributed by atoms with Gasteiger partial charge < -0.3 is 20.5 Å². The Bertz CT molecular complexity index is 810. The Morgan fingerprint density at radius 1 is 1.20 bits per heavy atom. The van der Waals surface area contributed by atoms with Gasteiger partial charge in [0.2, 0.25) is 5.91 Å². The van der Waals surface area contributed by atoms with Crippen LogP contribution >= 0.6 is 35.6 Å². The monoisotopic (exact) mass is 393 g/mol. The molecular weight excluding hydrogens is 380 g/mol. The molecule has 2 aromatic rings. The van der Waals surface area contributed by atoms with Crippen LogP contribution in [0.1, 0.15) is 15.9 Å². The zero-order chi connectivity index (χ0) is 18.4. The van der Waals surface area contributed by atoms with Gasteiger partial charge in [0, 0.05) is 21.2 Å². The molecule has 5 nitrogen and oxygen atoms in total. The van der Waals surface area contributed by atoms with E-state index in [1.54, 1.807) is 31.2 Å². The van der Waals surface area contributed by atoms with E-state index in [0.29, 0.717) is 16.3 Å². The van der Waals surface area contributed by atoms with Crippen molar-refractivity contribution in [3.63, 3.8) is 0 Å². The number of hydrogen-bond acceptors (Lipinski definition) is 5. The fourth-order valence-electron chi connectivity index (χ4n) is 1.99. The number of rotatable bonds is 5. The molecule has 0 heterocycles. The summed E-state index contributed by atoms with van der Waals surface area (Å²) < 4.78 is 0. The Morgan fingerprint density at radius 3 is 2.52 bits per heavy atom. The number of nitrogens with one attached hydrogen (secondary N) is 2. The van der Waals surface area contributed by atoms with Gasteiger partial charge in [0.15, 0.2) is 5.11 Å². The number of carbonyl (C=O) groups excluding carboxylic acids is 2. The van der Waals surface area contributed by atoms with Crippen molar-refractivity contribution in [1.29, 1.82) is 0 Å². The maximum absolute atomic E-state index is 12.0. The zero-order valence-corrected chi connectivity index (χ0v) is 15.6. The van der Waals surface area contributed by atoms with E-state index >= 15 is 0 Å². The quantitative estimate of drug-likeness (QED) is 0.600. The molecule has 0 aromatic heterocycles. The van der Waals surface area contributed by atoms with Crippen LogP contribution in [0, 0.1) is 6.92 Å². The molecule has 1 amide bonds. The maximum atomic E-state index is 12.0. The summed E-state index contributed by atoms with van der Waals surface area (Å²) in [6.07, 6.45) is 0. The van der Waals surface area contributed by atoms with Crippen LogP contribution in [0.25, 0.3) is 0 Å². The third kappa shape index (κ3) is 5.74. The average Bonchev–Trinajstić information content (AvgIpc) is 2.56. The summed E-state index contributed by atoms with van der Waals surface area (Å²) in [7, 11) is 0. The molecule has 0 fully saturated rings. The van der Waals surface area contributed by atoms with Gasteiger partial charge in [0.05, 0.1) is 11.7 Å². The number of thiocarbonyl (C=S) groups is 1. The molecule has 0 spiro atoms. The van der Waals surface area contributed by atoms with Crippen LogP contribution in [0.5, 0.6) is 0 Å². The number of amides is 1. The molecule has 2 N–H and O–H groups in total. The molecule has 0 saturated carbocycles. The fraction of sp³-hybridized carbons (Fsp3) is 0.118. The summed E-state index contributed by atoms with van der Waals surface area (Å²) in [5.74, 6) is -1.36. The topological polar surface area (TPSA) is 81.3 Å². The molecule has 0 saturated heterocycles. The molecule has 0 aliphatic rings. The number of carboxylic acid groups (broad SMARTS) is 1. The van der Waals surface area contributed by atoms with Crippen LogP contribution in [-0.2, 0) is 4.79 Å². The first-order valence-electron chi connectivity index (χ1n) is 7.17. The van der Waals surface area contributed by atoms with E-state index in [2.05, 4.69) is 10.6 Å². The lowest BCUT2D eigenvalue weighted by molar-refractivity contribution is -0.255. The van der Waals surface area contributed by atoms with Gasteiger partial charge in [-0.05, 0) is 55.0 Å². The Labute approximate surface area is 159 Å². The number of halogens is 1. The second-order valence-electron chi connectivity index (χ2n) is 5.01. The van der Waals surface area contributed by atoms with Crippen LogP contribution < -0.4 is 15.7 Å². The maximum Gasteiger partial charge on any atom is 0.236 e. The Kier molecular flexibility index (Phi) is 6.81. The van der Waals surface area contributed by atoms with Gasteiger partial charge >= 0.3 is 0 Å². The average molecular weight is 394 g/mol. The largest absolute Gasteiger partial charge is 0.545 e. The molecule has 0 aliphatic heterocycles. The van der Waals surface area contributed by atoms with Crippen molar-refractivity contribution in [2.24, 2.45) is 0 Å². The molecule has 8 heteroatoms. The molecular formula is C17H14ClN2O3S2-. The molecule has 0 aliphatic carbocycles. The normalized spacial score (nSPS) is 10.2. The number of thioether (sulfide) groups is 1. The second-order valence-corrected chi connectivity index (χ2v) is 6.90. The van der Waals surface area contributed by atoms with Crippen LogP contribution in [0.15, 0.2) is 47.4 Å². The lowest BCUT2D eigenvalue weighted by Gasteiger charge is -2.14. The number of carboxylic acids is 1. The van der Waals surface area contributed by atoms with E-state index in [9.17, 15) is 14.7 Å². The van der Waals surface area contributed by atoms with Crippen LogP contribution in [0.4, 0.5) is 5.69 Å².